The van der Waals surface area contributed by atoms with Crippen molar-refractivity contribution in [3.8, 4) is 44.5 Å². The summed E-state index contributed by atoms with van der Waals surface area (Å²) in [6.45, 7) is 0. The lowest BCUT2D eigenvalue weighted by atomic mass is 9.84. The standard InChI is InChI=1S/C30H20N4/c1-5-21(17-31-13-1)25-9-10-27(23-7-3-15-33-19-23)30-28(24-8-4-16-34-20-24)12-11-26(29(25)30)22-6-2-14-32-18-22/h1-20H. The SMILES string of the molecule is c1cncc(-c2ccc(-c3cccnc3)c3c(-c4cccnc4)ccc(-c4cccnc4)c23)c1. The van der Waals surface area contributed by atoms with Gasteiger partial charge in [-0.2, -0.15) is 0 Å². The van der Waals surface area contributed by atoms with E-state index >= 15 is 0 Å². The molecular weight excluding hydrogens is 416 g/mol. The Hall–Kier alpha value is -4.70. The quantitative estimate of drug-likeness (QED) is 0.296. The first-order valence-corrected chi connectivity index (χ1v) is 11.1. The fraction of sp³-hybridized carbons (Fsp3) is 0. The van der Waals surface area contributed by atoms with Crippen LogP contribution in [-0.2, 0) is 0 Å². The molecule has 4 nitrogen and oxygen atoms in total. The van der Waals surface area contributed by atoms with Gasteiger partial charge in [-0.25, -0.2) is 0 Å². The molecule has 6 rings (SSSR count). The van der Waals surface area contributed by atoms with Crippen molar-refractivity contribution in [3.63, 3.8) is 0 Å². The topological polar surface area (TPSA) is 51.6 Å². The molecule has 0 amide bonds. The van der Waals surface area contributed by atoms with Gasteiger partial charge in [0.15, 0.2) is 0 Å². The van der Waals surface area contributed by atoms with E-state index in [1.807, 2.05) is 49.1 Å². The molecule has 4 heteroatoms. The monoisotopic (exact) mass is 436 g/mol. The Morgan fingerprint density at radius 2 is 0.588 bits per heavy atom. The van der Waals surface area contributed by atoms with Crippen molar-refractivity contribution in [2.45, 2.75) is 0 Å². The highest BCUT2D eigenvalue weighted by atomic mass is 14.6. The summed E-state index contributed by atoms with van der Waals surface area (Å²) in [4.78, 5) is 17.6. The lowest BCUT2D eigenvalue weighted by Crippen LogP contribution is -1.94. The zero-order chi connectivity index (χ0) is 22.7. The minimum Gasteiger partial charge on any atom is -0.264 e. The molecule has 0 fully saturated rings. The summed E-state index contributed by atoms with van der Waals surface area (Å²) in [5.74, 6) is 0. The van der Waals surface area contributed by atoms with Crippen molar-refractivity contribution in [2.75, 3.05) is 0 Å². The largest absolute Gasteiger partial charge is 0.264 e. The molecule has 0 N–H and O–H groups in total. The van der Waals surface area contributed by atoms with Crippen LogP contribution in [0.15, 0.2) is 122 Å². The van der Waals surface area contributed by atoms with E-state index in [1.165, 1.54) is 0 Å². The summed E-state index contributed by atoms with van der Waals surface area (Å²) in [6, 6.07) is 25.1. The lowest BCUT2D eigenvalue weighted by molar-refractivity contribution is 1.32. The second kappa shape index (κ2) is 8.68. The third kappa shape index (κ3) is 3.51. The maximum absolute atomic E-state index is 4.40. The van der Waals surface area contributed by atoms with E-state index in [2.05, 4.69) is 68.5 Å². The van der Waals surface area contributed by atoms with Crippen LogP contribution in [0.25, 0.3) is 55.3 Å². The van der Waals surface area contributed by atoms with E-state index in [0.29, 0.717) is 0 Å². The molecule has 6 aromatic rings. The first-order chi connectivity index (χ1) is 16.9. The number of pyridine rings is 4. The fourth-order valence-corrected chi connectivity index (χ4v) is 4.55. The van der Waals surface area contributed by atoms with Crippen LogP contribution in [-0.4, -0.2) is 19.9 Å². The molecule has 34 heavy (non-hydrogen) atoms. The van der Waals surface area contributed by atoms with E-state index in [1.54, 1.807) is 24.8 Å². The molecule has 0 atom stereocenters. The zero-order valence-electron chi connectivity index (χ0n) is 18.3. The van der Waals surface area contributed by atoms with E-state index in [0.717, 1.165) is 55.3 Å². The van der Waals surface area contributed by atoms with E-state index < -0.39 is 0 Å². The molecule has 0 radical (unpaired) electrons. The number of rotatable bonds is 4. The smallest absolute Gasteiger partial charge is 0.0346 e. The minimum atomic E-state index is 1.07. The van der Waals surface area contributed by atoms with E-state index in [9.17, 15) is 0 Å². The second-order valence-electron chi connectivity index (χ2n) is 8.04. The van der Waals surface area contributed by atoms with Crippen LogP contribution < -0.4 is 0 Å². The first-order valence-electron chi connectivity index (χ1n) is 11.1. The van der Waals surface area contributed by atoms with Crippen molar-refractivity contribution in [3.05, 3.63) is 122 Å². The fourth-order valence-electron chi connectivity index (χ4n) is 4.55. The van der Waals surface area contributed by atoms with Gasteiger partial charge in [0.1, 0.15) is 0 Å². The van der Waals surface area contributed by atoms with Crippen LogP contribution in [0.2, 0.25) is 0 Å². The van der Waals surface area contributed by atoms with Gasteiger partial charge in [-0.1, -0.05) is 48.5 Å². The summed E-state index contributed by atoms with van der Waals surface area (Å²) in [5, 5.41) is 2.31. The van der Waals surface area contributed by atoms with Crippen LogP contribution in [0.3, 0.4) is 0 Å². The van der Waals surface area contributed by atoms with Gasteiger partial charge in [0.05, 0.1) is 0 Å². The summed E-state index contributed by atoms with van der Waals surface area (Å²) < 4.78 is 0. The molecule has 4 heterocycles. The van der Waals surface area contributed by atoms with Gasteiger partial charge in [0, 0.05) is 71.8 Å². The zero-order valence-corrected chi connectivity index (χ0v) is 18.3. The predicted octanol–water partition coefficient (Wildman–Crippen LogP) is 7.09. The van der Waals surface area contributed by atoms with Crippen LogP contribution in [0, 0.1) is 0 Å². The van der Waals surface area contributed by atoms with Crippen molar-refractivity contribution in [1.82, 2.24) is 19.9 Å². The lowest BCUT2D eigenvalue weighted by Gasteiger charge is -2.19. The highest BCUT2D eigenvalue weighted by Crippen LogP contribution is 2.45. The van der Waals surface area contributed by atoms with Gasteiger partial charge < -0.3 is 0 Å². The molecule has 0 aliphatic heterocycles. The van der Waals surface area contributed by atoms with Gasteiger partial charge in [0.2, 0.25) is 0 Å². The Kier molecular flexibility index (Phi) is 5.09. The third-order valence-corrected chi connectivity index (χ3v) is 6.05. The van der Waals surface area contributed by atoms with Crippen molar-refractivity contribution >= 4 is 10.8 Å². The Morgan fingerprint density at radius 3 is 0.794 bits per heavy atom. The molecular formula is C30H20N4. The molecule has 0 aliphatic rings. The average molecular weight is 437 g/mol. The maximum atomic E-state index is 4.40. The van der Waals surface area contributed by atoms with Gasteiger partial charge in [-0.3, -0.25) is 19.9 Å². The molecule has 0 saturated carbocycles. The van der Waals surface area contributed by atoms with E-state index in [4.69, 9.17) is 0 Å². The maximum Gasteiger partial charge on any atom is 0.0346 e. The molecule has 0 spiro atoms. The molecule has 2 aromatic carbocycles. The van der Waals surface area contributed by atoms with Crippen LogP contribution >= 0.6 is 0 Å². The molecule has 0 bridgehead atoms. The Bertz CT molecular complexity index is 1330. The van der Waals surface area contributed by atoms with Crippen LogP contribution in [0.1, 0.15) is 0 Å². The number of hydrogen-bond acceptors (Lipinski definition) is 4. The normalized spacial score (nSPS) is 10.9. The molecule has 0 aliphatic carbocycles. The van der Waals surface area contributed by atoms with Gasteiger partial charge in [-0.15, -0.1) is 0 Å². The number of aromatic nitrogens is 4. The summed E-state index contributed by atoms with van der Waals surface area (Å²) in [5.41, 5.74) is 8.77. The summed E-state index contributed by atoms with van der Waals surface area (Å²) in [6.07, 6.45) is 14.9. The van der Waals surface area contributed by atoms with Crippen LogP contribution in [0.5, 0.6) is 0 Å². The summed E-state index contributed by atoms with van der Waals surface area (Å²) in [7, 11) is 0. The molecule has 0 unspecified atom stereocenters. The number of nitrogens with zero attached hydrogens (tertiary/aromatic N) is 4. The Balaban J connectivity index is 1.80. The molecule has 0 saturated heterocycles. The highest BCUT2D eigenvalue weighted by molar-refractivity contribution is 6.17. The number of fused-ring (bicyclic) bond motifs is 1. The predicted molar refractivity (Wildman–Crippen MR) is 137 cm³/mol. The number of benzene rings is 2. The van der Waals surface area contributed by atoms with Crippen molar-refractivity contribution in [2.24, 2.45) is 0 Å². The highest BCUT2D eigenvalue weighted by Gasteiger charge is 2.18. The Labute approximate surface area is 197 Å². The van der Waals surface area contributed by atoms with Crippen molar-refractivity contribution < 1.29 is 0 Å². The van der Waals surface area contributed by atoms with Crippen LogP contribution in [0.4, 0.5) is 0 Å². The molecule has 4 aromatic heterocycles. The van der Waals surface area contributed by atoms with E-state index in [-0.39, 0.29) is 0 Å². The summed E-state index contributed by atoms with van der Waals surface area (Å²) >= 11 is 0. The average Bonchev–Trinajstić information content (AvgIpc) is 2.94. The van der Waals surface area contributed by atoms with Gasteiger partial charge >= 0.3 is 0 Å². The minimum absolute atomic E-state index is 1.07. The third-order valence-electron chi connectivity index (χ3n) is 6.05. The Morgan fingerprint density at radius 1 is 0.324 bits per heavy atom. The molecule has 160 valence electrons. The van der Waals surface area contributed by atoms with Gasteiger partial charge in [0.25, 0.3) is 0 Å². The first kappa shape index (κ1) is 19.9. The number of hydrogen-bond donors (Lipinski definition) is 0. The second-order valence-corrected chi connectivity index (χ2v) is 8.04. The van der Waals surface area contributed by atoms with Gasteiger partial charge in [-0.05, 0) is 57.3 Å². The van der Waals surface area contributed by atoms with Crippen molar-refractivity contribution in [1.29, 1.82) is 0 Å².